The molecule has 182 valence electrons. The molecule has 0 radical (unpaired) electrons. The summed E-state index contributed by atoms with van der Waals surface area (Å²) in [6, 6.07) is 1.02. The van der Waals surface area contributed by atoms with Crippen molar-refractivity contribution >= 4 is 11.9 Å². The van der Waals surface area contributed by atoms with Gasteiger partial charge in [-0.25, -0.2) is 0 Å². The Morgan fingerprint density at radius 3 is 1.50 bits per heavy atom. The van der Waals surface area contributed by atoms with Crippen LogP contribution in [0.4, 0.5) is 0 Å². The van der Waals surface area contributed by atoms with Crippen LogP contribution in [0.2, 0.25) is 0 Å². The maximum Gasteiger partial charge on any atom is 0.302 e. The van der Waals surface area contributed by atoms with Crippen molar-refractivity contribution in [2.45, 2.75) is 130 Å². The Hall–Kier alpha value is -1.14. The van der Waals surface area contributed by atoms with E-state index in [1.807, 2.05) is 6.92 Å². The van der Waals surface area contributed by atoms with Crippen molar-refractivity contribution in [1.29, 1.82) is 0 Å². The molecule has 2 unspecified atom stereocenters. The second kappa shape index (κ2) is 44.9. The highest BCUT2D eigenvalue weighted by molar-refractivity contribution is 5.65. The fourth-order valence-electron chi connectivity index (χ4n) is 0.764. The number of nitrogens with two attached hydrogens (primary N) is 1. The maximum atomic E-state index is 10.3. The van der Waals surface area contributed by atoms with Gasteiger partial charge in [-0.2, -0.15) is 0 Å². The second-order valence-electron chi connectivity index (χ2n) is 5.42. The summed E-state index contributed by atoms with van der Waals surface area (Å²) >= 11 is 0. The topological polar surface area (TPSA) is 120 Å². The number of carbonyl (C=O) groups excluding carboxylic acids is 2. The highest BCUT2D eigenvalue weighted by atomic mass is 16.5. The van der Waals surface area contributed by atoms with Crippen molar-refractivity contribution in [2.75, 3.05) is 6.61 Å². The van der Waals surface area contributed by atoms with Crippen LogP contribution in [0, 0.1) is 0 Å². The number of hydrogen-bond acceptors (Lipinski definition) is 5. The van der Waals surface area contributed by atoms with Crippen molar-refractivity contribution in [2.24, 2.45) is 5.73 Å². The summed E-state index contributed by atoms with van der Waals surface area (Å²) in [5.41, 5.74) is 9.05. The first-order chi connectivity index (χ1) is 10.2. The quantitative estimate of drug-likeness (QED) is 0.447. The molecule has 0 aromatic rings. The molecule has 0 heterocycles. The molecular formula is C22H60N2O4. The molecule has 0 aliphatic carbocycles. The molecule has 6 nitrogen and oxygen atoms in total. The van der Waals surface area contributed by atoms with Crippen LogP contribution < -0.4 is 16.6 Å². The predicted molar refractivity (Wildman–Crippen MR) is 127 cm³/mol. The molecule has 5 N–H and O–H groups in total. The maximum absolute atomic E-state index is 10.3. The van der Waals surface area contributed by atoms with Crippen LogP contribution >= 0.6 is 0 Å². The molecule has 0 spiro atoms. The highest BCUT2D eigenvalue weighted by Gasteiger charge is 1.93. The number of unbranched alkanes of at least 4 members (excludes halogenated alkanes) is 2. The van der Waals surface area contributed by atoms with Crippen LogP contribution in [0.3, 0.4) is 0 Å². The minimum Gasteiger partial charge on any atom is -0.550 e. The van der Waals surface area contributed by atoms with Crippen LogP contribution in [0.5, 0.6) is 0 Å². The Bertz CT molecular complexity index is 233. The molecule has 2 atom stereocenters. The second-order valence-corrected chi connectivity index (χ2v) is 5.42. The van der Waals surface area contributed by atoms with Gasteiger partial charge >= 0.3 is 5.97 Å². The number of rotatable bonds is 8. The first kappa shape index (κ1) is 56.3. The lowest BCUT2D eigenvalue weighted by atomic mass is 10.2. The number of quaternary nitrogens is 1. The monoisotopic (exact) mass is 416 g/mol. The number of esters is 1. The smallest absolute Gasteiger partial charge is 0.302 e. The number of carbonyl (C=O) groups is 2. The van der Waals surface area contributed by atoms with Crippen molar-refractivity contribution in [1.82, 2.24) is 0 Å². The Morgan fingerprint density at radius 1 is 0.929 bits per heavy atom. The van der Waals surface area contributed by atoms with Gasteiger partial charge in [-0.05, 0) is 52.4 Å². The van der Waals surface area contributed by atoms with Gasteiger partial charge in [0.15, 0.2) is 0 Å². The third-order valence-electron chi connectivity index (χ3n) is 2.67. The van der Waals surface area contributed by atoms with Gasteiger partial charge in [0.2, 0.25) is 0 Å². The first-order valence-electron chi connectivity index (χ1n) is 8.09. The molecular weight excluding hydrogens is 356 g/mol. The molecule has 0 saturated heterocycles. The molecule has 0 bridgehead atoms. The van der Waals surface area contributed by atoms with Crippen molar-refractivity contribution in [3.8, 4) is 0 Å². The fourth-order valence-corrected chi connectivity index (χ4v) is 0.764. The Morgan fingerprint density at radius 2 is 1.29 bits per heavy atom. The molecule has 0 aromatic heterocycles. The molecule has 0 fully saturated rings. The molecule has 0 saturated carbocycles. The zero-order chi connectivity index (χ0) is 18.0. The van der Waals surface area contributed by atoms with Crippen molar-refractivity contribution < 1.29 is 25.2 Å². The highest BCUT2D eigenvalue weighted by Crippen LogP contribution is 1.99. The number of ether oxygens (including phenoxy) is 1. The fraction of sp³-hybridized carbons (Fsp3) is 0.909. The predicted octanol–water partition coefficient (Wildman–Crippen LogP) is 4.45. The van der Waals surface area contributed by atoms with Gasteiger partial charge < -0.3 is 26.1 Å². The van der Waals surface area contributed by atoms with E-state index in [-0.39, 0.29) is 57.0 Å². The average molecular weight is 417 g/mol. The zero-order valence-corrected chi connectivity index (χ0v) is 15.0. The van der Waals surface area contributed by atoms with Gasteiger partial charge in [-0.3, -0.25) is 4.79 Å². The normalized spacial score (nSPS) is 9.39. The summed E-state index contributed by atoms with van der Waals surface area (Å²) in [6.07, 6.45) is 4.41. The van der Waals surface area contributed by atoms with Crippen LogP contribution in [0.25, 0.3) is 0 Å². The van der Waals surface area contributed by atoms with E-state index in [0.717, 1.165) is 12.8 Å². The molecule has 0 aromatic carbocycles. The molecule has 6 heteroatoms. The van der Waals surface area contributed by atoms with E-state index < -0.39 is 5.97 Å². The number of carboxylic acid groups (broad SMARTS) is 1. The van der Waals surface area contributed by atoms with E-state index in [2.05, 4.69) is 31.2 Å². The molecule has 0 amide bonds. The summed E-state index contributed by atoms with van der Waals surface area (Å²) in [7, 11) is 0. The van der Waals surface area contributed by atoms with Gasteiger partial charge in [-0.1, -0.05) is 58.4 Å². The first-order valence-corrected chi connectivity index (χ1v) is 8.09. The Labute approximate surface area is 179 Å². The van der Waals surface area contributed by atoms with Gasteiger partial charge in [0.25, 0.3) is 0 Å². The Kier molecular flexibility index (Phi) is 90.4. The van der Waals surface area contributed by atoms with Gasteiger partial charge in [-0.15, -0.1) is 0 Å². The number of hydrogen-bond donors (Lipinski definition) is 2. The van der Waals surface area contributed by atoms with Crippen LogP contribution in [-0.4, -0.2) is 30.6 Å². The third kappa shape index (κ3) is 101. The summed E-state index contributed by atoms with van der Waals surface area (Å²) in [5, 5.41) is 9.94. The van der Waals surface area contributed by atoms with E-state index in [1.165, 1.54) is 13.3 Å². The van der Waals surface area contributed by atoms with E-state index >= 15 is 0 Å². The largest absolute Gasteiger partial charge is 0.550 e. The standard InChI is InChI=1S/C8H14O4.2C4H11N.6CH4/c1-7(9)12-6-4-2-3-5-8(10)11;2*1-3-4(2)5;;;;;;/h2-6H2,1H3,(H,10,11);2*4H,3,5H2,1-2H3;6*1H4. The van der Waals surface area contributed by atoms with Gasteiger partial charge in [0.05, 0.1) is 12.6 Å². The molecule has 28 heavy (non-hydrogen) atoms. The minimum absolute atomic E-state index is 0. The summed E-state index contributed by atoms with van der Waals surface area (Å²) < 4.78 is 4.65. The summed E-state index contributed by atoms with van der Waals surface area (Å²) in [4.78, 5) is 20.2. The lowest BCUT2D eigenvalue weighted by Crippen LogP contribution is -2.58. The molecule has 0 aliphatic rings. The van der Waals surface area contributed by atoms with E-state index in [1.54, 1.807) is 0 Å². The lowest BCUT2D eigenvalue weighted by molar-refractivity contribution is -0.414. The zero-order valence-electron chi connectivity index (χ0n) is 15.0. The molecule has 0 aliphatic heterocycles. The van der Waals surface area contributed by atoms with E-state index in [9.17, 15) is 14.7 Å². The lowest BCUT2D eigenvalue weighted by Gasteiger charge is -2.02. The van der Waals surface area contributed by atoms with Gasteiger partial charge in [0, 0.05) is 18.9 Å². The van der Waals surface area contributed by atoms with Crippen molar-refractivity contribution in [3.05, 3.63) is 0 Å². The van der Waals surface area contributed by atoms with Crippen LogP contribution in [-0.2, 0) is 14.3 Å². The molecule has 0 rings (SSSR count). The SMILES string of the molecule is C.C.C.C.C.C.CC(=O)OCCCCCC(=O)[O-].CCC(C)N.CCC(C)[NH3+]. The van der Waals surface area contributed by atoms with E-state index in [4.69, 9.17) is 5.73 Å². The Balaban J connectivity index is -0.0000000281. The summed E-state index contributed by atoms with van der Waals surface area (Å²) in [6.45, 7) is 10.0. The van der Waals surface area contributed by atoms with Crippen LogP contribution in [0.15, 0.2) is 0 Å². The third-order valence-corrected chi connectivity index (χ3v) is 2.67. The van der Waals surface area contributed by atoms with E-state index in [0.29, 0.717) is 31.5 Å². The van der Waals surface area contributed by atoms with Crippen LogP contribution in [0.1, 0.15) is 118 Å². The van der Waals surface area contributed by atoms with Gasteiger partial charge in [0.1, 0.15) is 0 Å². The summed E-state index contributed by atoms with van der Waals surface area (Å²) in [5.74, 6) is -1.32. The minimum atomic E-state index is -1.03. The number of carboxylic acids is 1. The average Bonchev–Trinajstić information content (AvgIpc) is 2.43. The number of aliphatic carboxylic acids is 1. The van der Waals surface area contributed by atoms with Crippen molar-refractivity contribution in [3.63, 3.8) is 0 Å².